The summed E-state index contributed by atoms with van der Waals surface area (Å²) in [6.45, 7) is 5.51. The van der Waals surface area contributed by atoms with Gasteiger partial charge in [0.15, 0.2) is 6.61 Å². The molecule has 7 heteroatoms. The zero-order chi connectivity index (χ0) is 20.7. The van der Waals surface area contributed by atoms with Gasteiger partial charge in [-0.3, -0.25) is 9.59 Å². The molecule has 0 bridgehead atoms. The average Bonchev–Trinajstić information content (AvgIpc) is 2.67. The molecule has 0 heterocycles. The maximum absolute atomic E-state index is 14.1. The van der Waals surface area contributed by atoms with Crippen molar-refractivity contribution >= 4 is 27.7 Å². The van der Waals surface area contributed by atoms with Gasteiger partial charge >= 0.3 is 0 Å². The number of carbonyl (C=O) groups excluding carboxylic acids is 2. The molecule has 2 amide bonds. The third-order valence-corrected chi connectivity index (χ3v) is 5.20. The molecule has 1 atom stereocenters. The van der Waals surface area contributed by atoms with E-state index in [1.807, 2.05) is 19.1 Å². The molecule has 0 aromatic heterocycles. The Balaban J connectivity index is 2.16. The third kappa shape index (κ3) is 5.79. The second-order valence-electron chi connectivity index (χ2n) is 6.38. The number of benzene rings is 2. The summed E-state index contributed by atoms with van der Waals surface area (Å²) in [6, 6.07) is 10.8. The Kier molecular flexibility index (Phi) is 7.99. The summed E-state index contributed by atoms with van der Waals surface area (Å²) >= 11 is 3.42. The fraction of sp³-hybridized carbons (Fsp3) is 0.333. The molecular weight excluding hydrogens is 427 g/mol. The van der Waals surface area contributed by atoms with Gasteiger partial charge in [0.05, 0.1) is 0 Å². The van der Waals surface area contributed by atoms with Crippen molar-refractivity contribution in [3.8, 4) is 5.75 Å². The van der Waals surface area contributed by atoms with Crippen LogP contribution in [-0.4, -0.2) is 35.9 Å². The lowest BCUT2D eigenvalue weighted by atomic mass is 10.1. The van der Waals surface area contributed by atoms with Crippen LogP contribution in [0.4, 0.5) is 4.39 Å². The molecule has 1 N–H and O–H groups in total. The Bertz CT molecular complexity index is 844. The van der Waals surface area contributed by atoms with Crippen molar-refractivity contribution in [3.63, 3.8) is 0 Å². The van der Waals surface area contributed by atoms with Crippen LogP contribution >= 0.6 is 15.9 Å². The van der Waals surface area contributed by atoms with E-state index >= 15 is 0 Å². The quantitative estimate of drug-likeness (QED) is 0.664. The number of carbonyl (C=O) groups is 2. The Morgan fingerprint density at radius 1 is 1.25 bits per heavy atom. The predicted molar refractivity (Wildman–Crippen MR) is 109 cm³/mol. The van der Waals surface area contributed by atoms with Crippen molar-refractivity contribution < 1.29 is 18.7 Å². The fourth-order valence-electron chi connectivity index (χ4n) is 2.65. The van der Waals surface area contributed by atoms with Crippen LogP contribution in [0.3, 0.4) is 0 Å². The van der Waals surface area contributed by atoms with E-state index in [9.17, 15) is 14.0 Å². The first-order chi connectivity index (χ1) is 13.3. The summed E-state index contributed by atoms with van der Waals surface area (Å²) in [7, 11) is 0. The Morgan fingerprint density at radius 2 is 1.96 bits per heavy atom. The molecule has 0 unspecified atom stereocenters. The minimum atomic E-state index is -0.762. The monoisotopic (exact) mass is 450 g/mol. The molecular formula is C21H24BrFN2O3. The van der Waals surface area contributed by atoms with Crippen molar-refractivity contribution in [2.75, 3.05) is 13.2 Å². The molecule has 0 aliphatic rings. The predicted octanol–water partition coefficient (Wildman–Crippen LogP) is 3.83. The van der Waals surface area contributed by atoms with E-state index in [0.717, 1.165) is 10.0 Å². The maximum Gasteiger partial charge on any atom is 0.261 e. The van der Waals surface area contributed by atoms with Crippen molar-refractivity contribution in [2.45, 2.75) is 33.4 Å². The number of hydrogen-bond acceptors (Lipinski definition) is 3. The summed E-state index contributed by atoms with van der Waals surface area (Å²) in [5.74, 6) is -0.576. The molecule has 0 spiro atoms. The number of ether oxygens (including phenoxy) is 1. The van der Waals surface area contributed by atoms with Gasteiger partial charge < -0.3 is 15.0 Å². The zero-order valence-corrected chi connectivity index (χ0v) is 17.8. The van der Waals surface area contributed by atoms with Gasteiger partial charge in [0.1, 0.15) is 17.6 Å². The standard InChI is InChI=1S/C21H24BrFN2O3/c1-4-24-21(27)15(3)25(12-16-7-5-6-8-19(16)23)20(26)13-28-17-9-10-18(22)14(2)11-17/h5-11,15H,4,12-13H2,1-3H3,(H,24,27)/t15-/m0/s1. The number of nitrogens with one attached hydrogen (secondary N) is 1. The lowest BCUT2D eigenvalue weighted by Crippen LogP contribution is -2.49. The van der Waals surface area contributed by atoms with Crippen molar-refractivity contribution in [1.29, 1.82) is 0 Å². The number of aryl methyl sites for hydroxylation is 1. The number of amides is 2. The van der Waals surface area contributed by atoms with Crippen molar-refractivity contribution in [2.24, 2.45) is 0 Å². The largest absolute Gasteiger partial charge is 0.484 e. The van der Waals surface area contributed by atoms with Gasteiger partial charge in [0.25, 0.3) is 5.91 Å². The van der Waals surface area contributed by atoms with Crippen LogP contribution in [0, 0.1) is 12.7 Å². The lowest BCUT2D eigenvalue weighted by molar-refractivity contribution is -0.142. The third-order valence-electron chi connectivity index (χ3n) is 4.31. The van der Waals surface area contributed by atoms with Crippen LogP contribution in [0.15, 0.2) is 46.9 Å². The second-order valence-corrected chi connectivity index (χ2v) is 7.24. The Labute approximate surface area is 173 Å². The normalized spacial score (nSPS) is 11.6. The first-order valence-corrected chi connectivity index (χ1v) is 9.82. The summed E-state index contributed by atoms with van der Waals surface area (Å²) in [4.78, 5) is 26.4. The van der Waals surface area contributed by atoms with Crippen LogP contribution in [0.2, 0.25) is 0 Å². The highest BCUT2D eigenvalue weighted by Gasteiger charge is 2.27. The van der Waals surface area contributed by atoms with Gasteiger partial charge in [0.2, 0.25) is 5.91 Å². The van der Waals surface area contributed by atoms with E-state index in [1.54, 1.807) is 38.1 Å². The van der Waals surface area contributed by atoms with Gasteiger partial charge in [0, 0.05) is 23.1 Å². The molecule has 2 aromatic carbocycles. The summed E-state index contributed by atoms with van der Waals surface area (Å²) in [5.41, 5.74) is 1.32. The van der Waals surface area contributed by atoms with Gasteiger partial charge in [-0.25, -0.2) is 4.39 Å². The molecule has 0 saturated carbocycles. The molecule has 2 rings (SSSR count). The number of likely N-dealkylation sites (N-methyl/N-ethyl adjacent to an activating group) is 1. The maximum atomic E-state index is 14.1. The first kappa shape index (κ1) is 21.9. The SMILES string of the molecule is CCNC(=O)[C@H](C)N(Cc1ccccc1F)C(=O)COc1ccc(Br)c(C)c1. The molecule has 0 aliphatic heterocycles. The number of halogens is 2. The fourth-order valence-corrected chi connectivity index (χ4v) is 2.90. The first-order valence-electron chi connectivity index (χ1n) is 9.03. The Hall–Kier alpha value is -2.41. The number of hydrogen-bond donors (Lipinski definition) is 1. The summed E-state index contributed by atoms with van der Waals surface area (Å²) in [6.07, 6.45) is 0. The number of nitrogens with zero attached hydrogens (tertiary/aromatic N) is 1. The van der Waals surface area contributed by atoms with E-state index in [-0.39, 0.29) is 19.1 Å². The molecule has 28 heavy (non-hydrogen) atoms. The van der Waals surface area contributed by atoms with E-state index in [2.05, 4.69) is 21.2 Å². The average molecular weight is 451 g/mol. The van der Waals surface area contributed by atoms with Crippen LogP contribution in [-0.2, 0) is 16.1 Å². The Morgan fingerprint density at radius 3 is 2.61 bits per heavy atom. The van der Waals surface area contributed by atoms with Gasteiger partial charge in [-0.2, -0.15) is 0 Å². The van der Waals surface area contributed by atoms with Gasteiger partial charge in [-0.05, 0) is 50.6 Å². The molecule has 0 radical (unpaired) electrons. The smallest absolute Gasteiger partial charge is 0.261 e. The molecule has 0 aliphatic carbocycles. The minimum Gasteiger partial charge on any atom is -0.484 e. The van der Waals surface area contributed by atoms with Gasteiger partial charge in [-0.15, -0.1) is 0 Å². The van der Waals surface area contributed by atoms with Crippen LogP contribution < -0.4 is 10.1 Å². The highest BCUT2D eigenvalue weighted by Crippen LogP contribution is 2.22. The second kappa shape index (κ2) is 10.2. The molecule has 0 fully saturated rings. The molecule has 2 aromatic rings. The minimum absolute atomic E-state index is 0.0213. The zero-order valence-electron chi connectivity index (χ0n) is 16.2. The lowest BCUT2D eigenvalue weighted by Gasteiger charge is -2.28. The van der Waals surface area contributed by atoms with Crippen LogP contribution in [0.5, 0.6) is 5.75 Å². The summed E-state index contributed by atoms with van der Waals surface area (Å²) < 4.78 is 20.6. The van der Waals surface area contributed by atoms with E-state index < -0.39 is 17.8 Å². The van der Waals surface area contributed by atoms with Crippen LogP contribution in [0.1, 0.15) is 25.0 Å². The molecule has 0 saturated heterocycles. The van der Waals surface area contributed by atoms with Crippen LogP contribution in [0.25, 0.3) is 0 Å². The van der Waals surface area contributed by atoms with E-state index in [4.69, 9.17) is 4.74 Å². The highest BCUT2D eigenvalue weighted by molar-refractivity contribution is 9.10. The topological polar surface area (TPSA) is 58.6 Å². The van der Waals surface area contributed by atoms with Crippen molar-refractivity contribution in [1.82, 2.24) is 10.2 Å². The summed E-state index contributed by atoms with van der Waals surface area (Å²) in [5, 5.41) is 2.70. The molecule has 5 nitrogen and oxygen atoms in total. The van der Waals surface area contributed by atoms with E-state index in [1.165, 1.54) is 11.0 Å². The van der Waals surface area contributed by atoms with Crippen molar-refractivity contribution in [3.05, 3.63) is 63.9 Å². The van der Waals surface area contributed by atoms with E-state index in [0.29, 0.717) is 17.9 Å². The van der Waals surface area contributed by atoms with Gasteiger partial charge in [-0.1, -0.05) is 34.1 Å². The number of rotatable bonds is 8. The molecule has 150 valence electrons. The highest BCUT2D eigenvalue weighted by atomic mass is 79.9.